The van der Waals surface area contributed by atoms with Gasteiger partial charge in [-0.3, -0.25) is 14.7 Å². The zero-order chi connectivity index (χ0) is 16.1. The van der Waals surface area contributed by atoms with Crippen LogP contribution in [0.4, 0.5) is 0 Å². The number of carbonyl (C=O) groups excluding carboxylic acids is 1. The third-order valence-electron chi connectivity index (χ3n) is 4.44. The van der Waals surface area contributed by atoms with E-state index in [1.165, 1.54) is 5.56 Å². The molecular formula is C19H23N3O. The lowest BCUT2D eigenvalue weighted by Gasteiger charge is -2.25. The van der Waals surface area contributed by atoms with E-state index in [0.717, 1.165) is 31.5 Å². The molecule has 1 aromatic heterocycles. The average Bonchev–Trinajstić information content (AvgIpc) is 3.05. The highest BCUT2D eigenvalue weighted by molar-refractivity contribution is 5.82. The van der Waals surface area contributed by atoms with Crippen molar-refractivity contribution < 1.29 is 4.79 Å². The number of rotatable bonds is 5. The molecule has 1 fully saturated rings. The molecule has 1 saturated heterocycles. The molecule has 1 aliphatic rings. The van der Waals surface area contributed by atoms with Crippen LogP contribution in [-0.4, -0.2) is 28.4 Å². The number of aromatic nitrogens is 1. The Labute approximate surface area is 137 Å². The van der Waals surface area contributed by atoms with Crippen molar-refractivity contribution in [1.29, 1.82) is 0 Å². The van der Waals surface area contributed by atoms with Gasteiger partial charge in [0.25, 0.3) is 0 Å². The number of likely N-dealkylation sites (tertiary alicyclic amines) is 1. The molecule has 0 bridgehead atoms. The van der Waals surface area contributed by atoms with Crippen LogP contribution in [-0.2, 0) is 11.3 Å². The van der Waals surface area contributed by atoms with Crippen molar-refractivity contribution in [2.45, 2.75) is 38.4 Å². The summed E-state index contributed by atoms with van der Waals surface area (Å²) in [5.41, 5.74) is 2.29. The van der Waals surface area contributed by atoms with Gasteiger partial charge in [-0.1, -0.05) is 36.4 Å². The minimum atomic E-state index is -0.0330. The summed E-state index contributed by atoms with van der Waals surface area (Å²) in [4.78, 5) is 19.1. The van der Waals surface area contributed by atoms with E-state index in [9.17, 15) is 4.79 Å². The van der Waals surface area contributed by atoms with E-state index in [2.05, 4.69) is 27.3 Å². The van der Waals surface area contributed by atoms with E-state index in [4.69, 9.17) is 0 Å². The van der Waals surface area contributed by atoms with Crippen LogP contribution in [0, 0.1) is 0 Å². The maximum atomic E-state index is 12.7. The second kappa shape index (κ2) is 7.38. The number of benzene rings is 1. The van der Waals surface area contributed by atoms with E-state index >= 15 is 0 Å². The molecule has 0 radical (unpaired) electrons. The summed E-state index contributed by atoms with van der Waals surface area (Å²) in [5, 5.41) is 3.13. The molecule has 0 spiro atoms. The molecule has 120 valence electrons. The van der Waals surface area contributed by atoms with Gasteiger partial charge in [0.15, 0.2) is 0 Å². The molecule has 0 saturated carbocycles. The second-order valence-corrected chi connectivity index (χ2v) is 6.13. The van der Waals surface area contributed by atoms with Gasteiger partial charge >= 0.3 is 0 Å². The van der Waals surface area contributed by atoms with E-state index in [1.807, 2.05) is 37.3 Å². The molecule has 1 aromatic carbocycles. The lowest BCUT2D eigenvalue weighted by atomic mass is 10.1. The van der Waals surface area contributed by atoms with Crippen LogP contribution >= 0.6 is 0 Å². The van der Waals surface area contributed by atoms with Gasteiger partial charge in [-0.05, 0) is 43.5 Å². The first-order chi connectivity index (χ1) is 11.2. The van der Waals surface area contributed by atoms with E-state index < -0.39 is 0 Å². The molecular weight excluding hydrogens is 286 g/mol. The van der Waals surface area contributed by atoms with Crippen LogP contribution in [0.3, 0.4) is 0 Å². The van der Waals surface area contributed by atoms with E-state index in [0.29, 0.717) is 0 Å². The fourth-order valence-electron chi connectivity index (χ4n) is 3.16. The van der Waals surface area contributed by atoms with Gasteiger partial charge < -0.3 is 5.32 Å². The Hall–Kier alpha value is -2.20. The van der Waals surface area contributed by atoms with Gasteiger partial charge in [0.2, 0.25) is 5.91 Å². The summed E-state index contributed by atoms with van der Waals surface area (Å²) in [6, 6.07) is 14.2. The van der Waals surface area contributed by atoms with Crippen LogP contribution in [0.25, 0.3) is 0 Å². The Kier molecular flexibility index (Phi) is 5.03. The van der Waals surface area contributed by atoms with Gasteiger partial charge in [0.05, 0.1) is 12.1 Å². The molecule has 4 nitrogen and oxygen atoms in total. The zero-order valence-corrected chi connectivity index (χ0v) is 13.5. The standard InChI is InChI=1S/C19H23N3O/c1-15(17-9-5-11-20-13-17)21-19(23)18-10-6-12-22(18)14-16-7-3-2-4-8-16/h2-5,7-9,11,13,15,18H,6,10,12,14H2,1H3,(H,21,23)/t15-,18-/m1/s1. The van der Waals surface area contributed by atoms with Crippen LogP contribution in [0.2, 0.25) is 0 Å². The Morgan fingerprint density at radius 1 is 1.30 bits per heavy atom. The first-order valence-corrected chi connectivity index (χ1v) is 8.22. The van der Waals surface area contributed by atoms with Crippen molar-refractivity contribution in [2.24, 2.45) is 0 Å². The van der Waals surface area contributed by atoms with E-state index in [1.54, 1.807) is 12.4 Å². The predicted molar refractivity (Wildman–Crippen MR) is 90.7 cm³/mol. The third-order valence-corrected chi connectivity index (χ3v) is 4.44. The van der Waals surface area contributed by atoms with Crippen LogP contribution < -0.4 is 5.32 Å². The molecule has 3 rings (SSSR count). The smallest absolute Gasteiger partial charge is 0.237 e. The molecule has 1 N–H and O–H groups in total. The van der Waals surface area contributed by atoms with Gasteiger partial charge in [-0.25, -0.2) is 0 Å². The second-order valence-electron chi connectivity index (χ2n) is 6.13. The fraction of sp³-hybridized carbons (Fsp3) is 0.368. The van der Waals surface area contributed by atoms with Crippen molar-refractivity contribution in [3.8, 4) is 0 Å². The van der Waals surface area contributed by atoms with Crippen LogP contribution in [0.15, 0.2) is 54.9 Å². The van der Waals surface area contributed by atoms with Gasteiger partial charge in [0, 0.05) is 18.9 Å². The number of nitrogens with zero attached hydrogens (tertiary/aromatic N) is 2. The molecule has 2 heterocycles. The molecule has 0 unspecified atom stereocenters. The lowest BCUT2D eigenvalue weighted by Crippen LogP contribution is -2.43. The third kappa shape index (κ3) is 3.96. The van der Waals surface area contributed by atoms with Crippen molar-refractivity contribution in [2.75, 3.05) is 6.54 Å². The fourth-order valence-corrected chi connectivity index (χ4v) is 3.16. The SMILES string of the molecule is C[C@@H](NC(=O)[C@H]1CCCN1Cc1ccccc1)c1cccnc1. The maximum absolute atomic E-state index is 12.7. The molecule has 1 aliphatic heterocycles. The number of hydrogen-bond donors (Lipinski definition) is 1. The lowest BCUT2D eigenvalue weighted by molar-refractivity contribution is -0.126. The van der Waals surface area contributed by atoms with Crippen LogP contribution in [0.1, 0.15) is 36.9 Å². The summed E-state index contributed by atoms with van der Waals surface area (Å²) in [6.45, 7) is 3.82. The Morgan fingerprint density at radius 2 is 2.13 bits per heavy atom. The largest absolute Gasteiger partial charge is 0.348 e. The Bertz CT molecular complexity index is 630. The number of carbonyl (C=O) groups is 1. The van der Waals surface area contributed by atoms with Crippen molar-refractivity contribution in [3.63, 3.8) is 0 Å². The molecule has 23 heavy (non-hydrogen) atoms. The molecule has 4 heteroatoms. The normalized spacial score (nSPS) is 19.4. The number of pyridine rings is 1. The minimum Gasteiger partial charge on any atom is -0.348 e. The number of amides is 1. The topological polar surface area (TPSA) is 45.2 Å². The van der Waals surface area contributed by atoms with Crippen molar-refractivity contribution in [3.05, 3.63) is 66.0 Å². The minimum absolute atomic E-state index is 0.0182. The van der Waals surface area contributed by atoms with Gasteiger partial charge in [-0.2, -0.15) is 0 Å². The summed E-state index contributed by atoms with van der Waals surface area (Å²) in [7, 11) is 0. The van der Waals surface area contributed by atoms with Crippen LogP contribution in [0.5, 0.6) is 0 Å². The maximum Gasteiger partial charge on any atom is 0.237 e. The summed E-state index contributed by atoms with van der Waals surface area (Å²) < 4.78 is 0. The first kappa shape index (κ1) is 15.7. The zero-order valence-electron chi connectivity index (χ0n) is 13.5. The molecule has 0 aliphatic carbocycles. The van der Waals surface area contributed by atoms with Crippen molar-refractivity contribution in [1.82, 2.24) is 15.2 Å². The highest BCUT2D eigenvalue weighted by atomic mass is 16.2. The van der Waals surface area contributed by atoms with Gasteiger partial charge in [0.1, 0.15) is 0 Å². The number of nitrogens with one attached hydrogen (secondary N) is 1. The predicted octanol–water partition coefficient (Wildman–Crippen LogP) is 2.92. The Morgan fingerprint density at radius 3 is 2.87 bits per heavy atom. The summed E-state index contributed by atoms with van der Waals surface area (Å²) >= 11 is 0. The monoisotopic (exact) mass is 309 g/mol. The summed E-state index contributed by atoms with van der Waals surface area (Å²) in [6.07, 6.45) is 5.56. The molecule has 2 atom stereocenters. The molecule has 2 aromatic rings. The Balaban J connectivity index is 1.62. The average molecular weight is 309 g/mol. The van der Waals surface area contributed by atoms with E-state index in [-0.39, 0.29) is 18.0 Å². The quantitative estimate of drug-likeness (QED) is 0.923. The highest BCUT2D eigenvalue weighted by Gasteiger charge is 2.31. The van der Waals surface area contributed by atoms with Crippen molar-refractivity contribution >= 4 is 5.91 Å². The van der Waals surface area contributed by atoms with Gasteiger partial charge in [-0.15, -0.1) is 0 Å². The highest BCUT2D eigenvalue weighted by Crippen LogP contribution is 2.21. The molecule has 1 amide bonds. The summed E-state index contributed by atoms with van der Waals surface area (Å²) in [5.74, 6) is 0.120. The number of hydrogen-bond acceptors (Lipinski definition) is 3. The first-order valence-electron chi connectivity index (χ1n) is 8.22.